The minimum Gasteiger partial charge on any atom is -0.389 e. The average Bonchev–Trinajstić information content (AvgIpc) is 2.26. The molecule has 1 saturated carbocycles. The Bertz CT molecular complexity index is 397. The Morgan fingerprint density at radius 2 is 1.63 bits per heavy atom. The van der Waals surface area contributed by atoms with Crippen LogP contribution in [0.2, 0.25) is 0 Å². The van der Waals surface area contributed by atoms with Gasteiger partial charge in [-0.3, -0.25) is 4.52 Å². The van der Waals surface area contributed by atoms with Gasteiger partial charge in [0.15, 0.2) is 5.96 Å². The number of nitrogens with two attached hydrogens (primary N) is 3. The number of hydrogen-bond acceptors (Lipinski definition) is 7. The smallest absolute Gasteiger partial charge is 0.389 e. The topological polar surface area (TPSA) is 218 Å². The van der Waals surface area contributed by atoms with Crippen LogP contribution in [0.1, 0.15) is 0 Å². The second-order valence-corrected chi connectivity index (χ2v) is 5.35. The molecule has 1 aliphatic rings. The number of aliphatic hydroxyl groups is 3. The summed E-state index contributed by atoms with van der Waals surface area (Å²) in [6, 6.07) is -2.73. The number of phosphoric ester groups is 1. The predicted octanol–water partition coefficient (Wildman–Crippen LogP) is -4.47. The molecular weight excluding hydrogens is 283 g/mol. The third-order valence-electron chi connectivity index (χ3n) is 2.72. The first kappa shape index (κ1) is 16.3. The first-order valence-corrected chi connectivity index (χ1v) is 6.70. The van der Waals surface area contributed by atoms with Crippen LogP contribution < -0.4 is 17.2 Å². The third kappa shape index (κ3) is 3.84. The van der Waals surface area contributed by atoms with Gasteiger partial charge in [-0.15, -0.1) is 0 Å². The molecular formula is C7H17N4O7P. The standard InChI is InChI=1S/C7H17N4O7P/c8-1-3(12)2(11-7(9)10)6(5(14)4(1)13)18-19(15,16)17/h1-6,12-14H,8H2,(H4,9,10,11)(H2,15,16,17). The van der Waals surface area contributed by atoms with Crippen LogP contribution in [0.5, 0.6) is 0 Å². The van der Waals surface area contributed by atoms with Crippen molar-refractivity contribution in [2.24, 2.45) is 22.2 Å². The molecule has 1 rings (SSSR count). The van der Waals surface area contributed by atoms with Gasteiger partial charge in [-0.2, -0.15) is 0 Å². The average molecular weight is 300 g/mol. The van der Waals surface area contributed by atoms with Crippen LogP contribution in [0.25, 0.3) is 0 Å². The predicted molar refractivity (Wildman–Crippen MR) is 62.5 cm³/mol. The number of aliphatic imine (C=N–C) groups is 1. The molecule has 11 nitrogen and oxygen atoms in total. The Hall–Kier alpha value is -0.780. The summed E-state index contributed by atoms with van der Waals surface area (Å²) >= 11 is 0. The first-order chi connectivity index (χ1) is 8.54. The molecule has 0 radical (unpaired) electrons. The van der Waals surface area contributed by atoms with Crippen LogP contribution in [0, 0.1) is 0 Å². The Morgan fingerprint density at radius 3 is 2.05 bits per heavy atom. The zero-order chi connectivity index (χ0) is 15.0. The summed E-state index contributed by atoms with van der Waals surface area (Å²) in [5.41, 5.74) is 15.7. The summed E-state index contributed by atoms with van der Waals surface area (Å²) in [7, 11) is -5.00. The van der Waals surface area contributed by atoms with Crippen molar-refractivity contribution in [1.82, 2.24) is 0 Å². The molecule has 112 valence electrons. The molecule has 1 fully saturated rings. The van der Waals surface area contributed by atoms with Crippen LogP contribution in [0.4, 0.5) is 0 Å². The summed E-state index contributed by atoms with van der Waals surface area (Å²) in [5, 5.41) is 29.1. The van der Waals surface area contributed by atoms with Crippen molar-refractivity contribution in [3.63, 3.8) is 0 Å². The van der Waals surface area contributed by atoms with E-state index in [1.165, 1.54) is 0 Å². The zero-order valence-corrected chi connectivity index (χ0v) is 10.5. The lowest BCUT2D eigenvalue weighted by Gasteiger charge is -2.42. The second kappa shape index (κ2) is 5.69. The van der Waals surface area contributed by atoms with E-state index in [0.29, 0.717) is 0 Å². The van der Waals surface area contributed by atoms with Crippen molar-refractivity contribution < 1.29 is 34.2 Å². The molecule has 0 aromatic heterocycles. The molecule has 1 aliphatic carbocycles. The second-order valence-electron chi connectivity index (χ2n) is 4.15. The van der Waals surface area contributed by atoms with Gasteiger partial charge in [-0.1, -0.05) is 0 Å². The van der Waals surface area contributed by atoms with Crippen LogP contribution in [-0.4, -0.2) is 67.6 Å². The lowest BCUT2D eigenvalue weighted by atomic mass is 9.82. The van der Waals surface area contributed by atoms with Gasteiger partial charge < -0.3 is 42.3 Å². The minimum atomic E-state index is -5.00. The van der Waals surface area contributed by atoms with E-state index in [4.69, 9.17) is 27.0 Å². The van der Waals surface area contributed by atoms with E-state index in [1.54, 1.807) is 0 Å². The number of hydrogen-bond donors (Lipinski definition) is 8. The van der Waals surface area contributed by atoms with Gasteiger partial charge in [-0.05, 0) is 0 Å². The van der Waals surface area contributed by atoms with Crippen LogP contribution in [0.3, 0.4) is 0 Å². The first-order valence-electron chi connectivity index (χ1n) is 5.17. The van der Waals surface area contributed by atoms with Crippen molar-refractivity contribution in [2.75, 3.05) is 0 Å². The molecule has 6 atom stereocenters. The quantitative estimate of drug-likeness (QED) is 0.142. The largest absolute Gasteiger partial charge is 0.470 e. The SMILES string of the molecule is NC(N)=NC1C(O)C(N)C(O)C(O)C1OP(=O)(O)O. The maximum absolute atomic E-state index is 10.8. The Balaban J connectivity index is 3.11. The van der Waals surface area contributed by atoms with E-state index in [1.807, 2.05) is 0 Å². The molecule has 0 aliphatic heterocycles. The van der Waals surface area contributed by atoms with E-state index in [-0.39, 0.29) is 0 Å². The van der Waals surface area contributed by atoms with Crippen molar-refractivity contribution >= 4 is 13.8 Å². The normalized spacial score (nSPS) is 39.9. The minimum absolute atomic E-state index is 0.501. The molecule has 0 spiro atoms. The van der Waals surface area contributed by atoms with E-state index < -0.39 is 50.3 Å². The third-order valence-corrected chi connectivity index (χ3v) is 3.24. The summed E-state index contributed by atoms with van der Waals surface area (Å²) in [4.78, 5) is 21.0. The highest BCUT2D eigenvalue weighted by molar-refractivity contribution is 7.46. The van der Waals surface area contributed by atoms with Gasteiger partial charge in [0, 0.05) is 0 Å². The highest BCUT2D eigenvalue weighted by atomic mass is 31.2. The monoisotopic (exact) mass is 300 g/mol. The van der Waals surface area contributed by atoms with E-state index in [0.717, 1.165) is 0 Å². The molecule has 11 N–H and O–H groups in total. The number of guanidine groups is 1. The molecule has 0 bridgehead atoms. The highest BCUT2D eigenvalue weighted by Gasteiger charge is 2.50. The molecule has 6 unspecified atom stereocenters. The summed E-state index contributed by atoms with van der Waals surface area (Å²) in [5.74, 6) is -0.501. The molecule has 0 aromatic carbocycles. The van der Waals surface area contributed by atoms with Crippen LogP contribution in [-0.2, 0) is 9.09 Å². The van der Waals surface area contributed by atoms with E-state index >= 15 is 0 Å². The molecule has 0 amide bonds. The Kier molecular flexibility index (Phi) is 4.87. The summed E-state index contributed by atoms with van der Waals surface area (Å²) in [6.45, 7) is 0. The fraction of sp³-hybridized carbons (Fsp3) is 0.857. The highest BCUT2D eigenvalue weighted by Crippen LogP contribution is 2.41. The molecule has 12 heteroatoms. The summed E-state index contributed by atoms with van der Waals surface area (Å²) < 4.78 is 15.1. The zero-order valence-electron chi connectivity index (χ0n) is 9.64. The number of aliphatic hydroxyl groups excluding tert-OH is 3. The van der Waals surface area contributed by atoms with Crippen molar-refractivity contribution in [2.45, 2.75) is 36.5 Å². The summed E-state index contributed by atoms with van der Waals surface area (Å²) in [6.07, 6.45) is -6.71. The lowest BCUT2D eigenvalue weighted by Crippen LogP contribution is -2.66. The van der Waals surface area contributed by atoms with Gasteiger partial charge in [0.25, 0.3) is 0 Å². The van der Waals surface area contributed by atoms with Crippen LogP contribution in [0.15, 0.2) is 4.99 Å². The maximum atomic E-state index is 10.8. The van der Waals surface area contributed by atoms with E-state index in [9.17, 15) is 19.9 Å². The van der Waals surface area contributed by atoms with E-state index in [2.05, 4.69) is 9.52 Å². The van der Waals surface area contributed by atoms with Crippen molar-refractivity contribution in [3.05, 3.63) is 0 Å². The van der Waals surface area contributed by atoms with Gasteiger partial charge in [-0.25, -0.2) is 9.56 Å². The molecule has 0 aromatic rings. The van der Waals surface area contributed by atoms with Gasteiger partial charge in [0.1, 0.15) is 24.4 Å². The van der Waals surface area contributed by atoms with Crippen molar-refractivity contribution in [1.29, 1.82) is 0 Å². The Morgan fingerprint density at radius 1 is 1.11 bits per heavy atom. The number of nitrogens with zero attached hydrogens (tertiary/aromatic N) is 1. The van der Waals surface area contributed by atoms with Crippen molar-refractivity contribution in [3.8, 4) is 0 Å². The Labute approximate surface area is 107 Å². The lowest BCUT2D eigenvalue weighted by molar-refractivity contribution is -0.133. The molecule has 0 saturated heterocycles. The van der Waals surface area contributed by atoms with Gasteiger partial charge in [0.2, 0.25) is 0 Å². The number of rotatable bonds is 3. The molecule has 19 heavy (non-hydrogen) atoms. The number of phosphoric acid groups is 1. The van der Waals surface area contributed by atoms with Gasteiger partial charge >= 0.3 is 7.82 Å². The fourth-order valence-corrected chi connectivity index (χ4v) is 2.42. The fourth-order valence-electron chi connectivity index (χ4n) is 1.85. The molecule has 0 heterocycles. The van der Waals surface area contributed by atoms with Crippen LogP contribution >= 0.6 is 7.82 Å². The van der Waals surface area contributed by atoms with Gasteiger partial charge in [0.05, 0.1) is 12.1 Å². The maximum Gasteiger partial charge on any atom is 0.470 e.